The van der Waals surface area contributed by atoms with Crippen LogP contribution < -0.4 is 10.5 Å². The van der Waals surface area contributed by atoms with Crippen LogP contribution in [0.2, 0.25) is 0 Å². The molecule has 0 radical (unpaired) electrons. The van der Waals surface area contributed by atoms with Crippen molar-refractivity contribution < 1.29 is 4.74 Å². The van der Waals surface area contributed by atoms with Gasteiger partial charge in [0, 0.05) is 5.69 Å². The lowest BCUT2D eigenvalue weighted by molar-refractivity contribution is 0.420. The van der Waals surface area contributed by atoms with Crippen molar-refractivity contribution in [2.24, 2.45) is 0 Å². The monoisotopic (exact) mass is 188 g/mol. The van der Waals surface area contributed by atoms with Gasteiger partial charge in [-0.3, -0.25) is 0 Å². The summed E-state index contributed by atoms with van der Waals surface area (Å²) in [5.41, 5.74) is 6.76. The molecule has 0 amide bonds. The number of benzene rings is 1. The summed E-state index contributed by atoms with van der Waals surface area (Å²) in [6.07, 6.45) is 0. The lowest BCUT2D eigenvalue weighted by atomic mass is 10.1. The van der Waals surface area contributed by atoms with E-state index >= 15 is 0 Å². The minimum absolute atomic E-state index is 0.525. The van der Waals surface area contributed by atoms with Crippen molar-refractivity contribution in [1.82, 2.24) is 4.98 Å². The molecule has 0 saturated carbocycles. The van der Waals surface area contributed by atoms with E-state index < -0.39 is 0 Å². The van der Waals surface area contributed by atoms with Gasteiger partial charge in [0.1, 0.15) is 11.6 Å². The molecule has 2 aromatic rings. The van der Waals surface area contributed by atoms with Gasteiger partial charge in [0.05, 0.1) is 12.5 Å². The van der Waals surface area contributed by atoms with E-state index in [0.29, 0.717) is 5.82 Å². The fourth-order valence-electron chi connectivity index (χ4n) is 1.62. The highest BCUT2D eigenvalue weighted by molar-refractivity contribution is 5.96. The third-order valence-electron chi connectivity index (χ3n) is 2.20. The number of methoxy groups -OCH3 is 1. The summed E-state index contributed by atoms with van der Waals surface area (Å²) in [4.78, 5) is 4.21. The lowest BCUT2D eigenvalue weighted by Crippen LogP contribution is -1.96. The van der Waals surface area contributed by atoms with E-state index in [0.717, 1.165) is 22.2 Å². The Morgan fingerprint density at radius 1 is 1.36 bits per heavy atom. The molecule has 2 rings (SSSR count). The summed E-state index contributed by atoms with van der Waals surface area (Å²) < 4.78 is 5.23. The van der Waals surface area contributed by atoms with Crippen LogP contribution in [0, 0.1) is 6.92 Å². The molecule has 0 atom stereocenters. The van der Waals surface area contributed by atoms with Crippen molar-refractivity contribution in [3.8, 4) is 5.75 Å². The third kappa shape index (κ3) is 1.27. The standard InChI is InChI=1S/C11H12N2O/c1-7-6-8-4-3-5-9(14-2)10(8)11(12)13-7/h3-6H,1-2H3,(H2,12,13). The van der Waals surface area contributed by atoms with E-state index in [2.05, 4.69) is 4.98 Å². The number of nitrogens with two attached hydrogens (primary N) is 1. The Hall–Kier alpha value is -1.77. The second-order valence-corrected chi connectivity index (χ2v) is 3.21. The fraction of sp³-hybridized carbons (Fsp3) is 0.182. The molecule has 0 aliphatic heterocycles. The molecule has 3 nitrogen and oxygen atoms in total. The highest BCUT2D eigenvalue weighted by Gasteiger charge is 2.05. The third-order valence-corrected chi connectivity index (χ3v) is 2.20. The first kappa shape index (κ1) is 8.81. The zero-order valence-electron chi connectivity index (χ0n) is 8.24. The highest BCUT2D eigenvalue weighted by atomic mass is 16.5. The lowest BCUT2D eigenvalue weighted by Gasteiger charge is -2.07. The van der Waals surface area contributed by atoms with Crippen LogP contribution in [0.1, 0.15) is 5.69 Å². The molecule has 0 spiro atoms. The molecule has 0 aliphatic rings. The van der Waals surface area contributed by atoms with Gasteiger partial charge in [-0.2, -0.15) is 0 Å². The molecule has 3 heteroatoms. The number of anilines is 1. The Balaban J connectivity index is 2.87. The minimum atomic E-state index is 0.525. The van der Waals surface area contributed by atoms with Crippen LogP contribution in [-0.4, -0.2) is 12.1 Å². The summed E-state index contributed by atoms with van der Waals surface area (Å²) in [6.45, 7) is 1.93. The molecule has 0 saturated heterocycles. The van der Waals surface area contributed by atoms with Gasteiger partial charge in [-0.15, -0.1) is 0 Å². The van der Waals surface area contributed by atoms with E-state index in [1.807, 2.05) is 31.2 Å². The first-order valence-corrected chi connectivity index (χ1v) is 4.42. The predicted octanol–water partition coefficient (Wildman–Crippen LogP) is 2.13. The second-order valence-electron chi connectivity index (χ2n) is 3.21. The van der Waals surface area contributed by atoms with E-state index in [1.54, 1.807) is 7.11 Å². The number of hydrogen-bond donors (Lipinski definition) is 1. The molecule has 72 valence electrons. The van der Waals surface area contributed by atoms with Crippen LogP contribution in [0.15, 0.2) is 24.3 Å². The molecule has 14 heavy (non-hydrogen) atoms. The number of hydrogen-bond acceptors (Lipinski definition) is 3. The number of fused-ring (bicyclic) bond motifs is 1. The van der Waals surface area contributed by atoms with Crippen molar-refractivity contribution in [2.45, 2.75) is 6.92 Å². The zero-order valence-corrected chi connectivity index (χ0v) is 8.24. The molecule has 1 aromatic carbocycles. The first-order valence-electron chi connectivity index (χ1n) is 4.42. The Bertz CT molecular complexity index is 480. The summed E-state index contributed by atoms with van der Waals surface area (Å²) >= 11 is 0. The molecule has 1 heterocycles. The van der Waals surface area contributed by atoms with E-state index in [9.17, 15) is 0 Å². The molecule has 0 unspecified atom stereocenters. The summed E-state index contributed by atoms with van der Waals surface area (Å²) in [5.74, 6) is 1.30. The first-order chi connectivity index (χ1) is 6.72. The van der Waals surface area contributed by atoms with Gasteiger partial charge >= 0.3 is 0 Å². The average Bonchev–Trinajstić information content (AvgIpc) is 2.16. The smallest absolute Gasteiger partial charge is 0.135 e. The van der Waals surface area contributed by atoms with Crippen LogP contribution in [-0.2, 0) is 0 Å². The maximum absolute atomic E-state index is 5.84. The van der Waals surface area contributed by atoms with Crippen molar-refractivity contribution in [3.05, 3.63) is 30.0 Å². The quantitative estimate of drug-likeness (QED) is 0.745. The van der Waals surface area contributed by atoms with Gasteiger partial charge < -0.3 is 10.5 Å². The predicted molar refractivity (Wildman–Crippen MR) is 57.4 cm³/mol. The summed E-state index contributed by atoms with van der Waals surface area (Å²) in [5, 5.41) is 1.95. The summed E-state index contributed by atoms with van der Waals surface area (Å²) in [6, 6.07) is 7.83. The molecular weight excluding hydrogens is 176 g/mol. The maximum atomic E-state index is 5.84. The van der Waals surface area contributed by atoms with Crippen LogP contribution in [0.25, 0.3) is 10.8 Å². The number of rotatable bonds is 1. The largest absolute Gasteiger partial charge is 0.496 e. The molecular formula is C11H12N2O. The number of nitrogen functional groups attached to an aromatic ring is 1. The molecule has 0 fully saturated rings. The normalized spacial score (nSPS) is 10.4. The van der Waals surface area contributed by atoms with Crippen molar-refractivity contribution >= 4 is 16.6 Å². The maximum Gasteiger partial charge on any atom is 0.135 e. The molecule has 0 aliphatic carbocycles. The van der Waals surface area contributed by atoms with Gasteiger partial charge in [0.25, 0.3) is 0 Å². The highest BCUT2D eigenvalue weighted by Crippen LogP contribution is 2.29. The van der Waals surface area contributed by atoms with Gasteiger partial charge in [-0.05, 0) is 24.4 Å². The topological polar surface area (TPSA) is 48.1 Å². The number of pyridine rings is 1. The van der Waals surface area contributed by atoms with Crippen LogP contribution in [0.5, 0.6) is 5.75 Å². The van der Waals surface area contributed by atoms with Crippen LogP contribution in [0.3, 0.4) is 0 Å². The number of aromatic nitrogens is 1. The van der Waals surface area contributed by atoms with Gasteiger partial charge in [0.15, 0.2) is 0 Å². The second kappa shape index (κ2) is 3.18. The van der Waals surface area contributed by atoms with Crippen molar-refractivity contribution in [3.63, 3.8) is 0 Å². The van der Waals surface area contributed by atoms with E-state index in [4.69, 9.17) is 10.5 Å². The number of nitrogens with zero attached hydrogens (tertiary/aromatic N) is 1. The molecule has 1 aromatic heterocycles. The minimum Gasteiger partial charge on any atom is -0.496 e. The number of ether oxygens (including phenoxy) is 1. The van der Waals surface area contributed by atoms with Gasteiger partial charge in [-0.25, -0.2) is 4.98 Å². The van der Waals surface area contributed by atoms with Crippen LogP contribution in [0.4, 0.5) is 5.82 Å². The molecule has 2 N–H and O–H groups in total. The Labute approximate surface area is 82.5 Å². The van der Waals surface area contributed by atoms with Gasteiger partial charge in [0.2, 0.25) is 0 Å². The Kier molecular flexibility index (Phi) is 2.00. The van der Waals surface area contributed by atoms with E-state index in [1.165, 1.54) is 0 Å². The Morgan fingerprint density at radius 2 is 2.14 bits per heavy atom. The van der Waals surface area contributed by atoms with E-state index in [-0.39, 0.29) is 0 Å². The van der Waals surface area contributed by atoms with Crippen molar-refractivity contribution in [2.75, 3.05) is 12.8 Å². The number of aryl methyl sites for hydroxylation is 1. The molecule has 0 bridgehead atoms. The summed E-state index contributed by atoms with van der Waals surface area (Å²) in [7, 11) is 1.63. The van der Waals surface area contributed by atoms with Crippen molar-refractivity contribution in [1.29, 1.82) is 0 Å². The zero-order chi connectivity index (χ0) is 10.1. The van der Waals surface area contributed by atoms with Crippen LogP contribution >= 0.6 is 0 Å². The fourth-order valence-corrected chi connectivity index (χ4v) is 1.62. The average molecular weight is 188 g/mol. The SMILES string of the molecule is COc1cccc2cc(C)nc(N)c12. The Morgan fingerprint density at radius 3 is 2.86 bits per heavy atom. The van der Waals surface area contributed by atoms with Gasteiger partial charge in [-0.1, -0.05) is 12.1 Å².